The molecule has 2 aromatic rings. The fraction of sp³-hybridized carbons (Fsp3) is 0.235. The van der Waals surface area contributed by atoms with Crippen LogP contribution in [0, 0.1) is 0 Å². The summed E-state index contributed by atoms with van der Waals surface area (Å²) in [5, 5.41) is 2.60. The molecule has 1 saturated heterocycles. The Labute approximate surface area is 141 Å². The second kappa shape index (κ2) is 5.87. The summed E-state index contributed by atoms with van der Waals surface area (Å²) in [6.45, 7) is 1.42. The van der Waals surface area contributed by atoms with Crippen LogP contribution in [0.2, 0.25) is 0 Å². The molecule has 1 aromatic heterocycles. The number of carbonyl (C=O) groups excluding carboxylic acids is 2. The molecule has 8 heteroatoms. The smallest absolute Gasteiger partial charge is 0.318 e. The minimum atomic E-state index is -4.43. The predicted molar refractivity (Wildman–Crippen MR) is 82.1 cm³/mol. The zero-order valence-corrected chi connectivity index (χ0v) is 13.2. The Bertz CT molecular complexity index is 806. The van der Waals surface area contributed by atoms with E-state index in [1.807, 2.05) is 0 Å². The molecule has 1 aliphatic rings. The number of alkyl halides is 3. The van der Waals surface area contributed by atoms with Gasteiger partial charge < -0.3 is 5.32 Å². The number of rotatable bonds is 3. The van der Waals surface area contributed by atoms with Crippen LogP contribution in [0.15, 0.2) is 48.7 Å². The molecule has 3 rings (SSSR count). The molecule has 1 aliphatic heterocycles. The standard InChI is InChI=1S/C17H14F3N3O2/c1-16(13-4-2-3-9-21-13)14(24)23(15(25)22-16)10-11-5-7-12(8-6-11)17(18,19)20/h2-9H,10H2,1H3,(H,22,25)/t16-/m0/s1. The van der Waals surface area contributed by atoms with Crippen molar-refractivity contribution in [2.45, 2.75) is 25.2 Å². The highest BCUT2D eigenvalue weighted by molar-refractivity contribution is 6.06. The average molecular weight is 349 g/mol. The van der Waals surface area contributed by atoms with E-state index in [-0.39, 0.29) is 6.54 Å². The lowest BCUT2D eigenvalue weighted by Crippen LogP contribution is -2.41. The molecule has 0 bridgehead atoms. The van der Waals surface area contributed by atoms with E-state index < -0.39 is 29.2 Å². The fourth-order valence-corrected chi connectivity index (χ4v) is 2.65. The largest absolute Gasteiger partial charge is 0.416 e. The minimum Gasteiger partial charge on any atom is -0.318 e. The number of hydrogen-bond acceptors (Lipinski definition) is 3. The maximum atomic E-state index is 12.7. The van der Waals surface area contributed by atoms with Crippen molar-refractivity contribution in [1.29, 1.82) is 0 Å². The van der Waals surface area contributed by atoms with Gasteiger partial charge in [-0.25, -0.2) is 4.79 Å². The monoisotopic (exact) mass is 349 g/mol. The summed E-state index contributed by atoms with van der Waals surface area (Å²) in [5.41, 5.74) is -1.28. The Balaban J connectivity index is 1.82. The lowest BCUT2D eigenvalue weighted by molar-refractivity contribution is -0.137. The van der Waals surface area contributed by atoms with Crippen LogP contribution in [-0.2, 0) is 23.1 Å². The van der Waals surface area contributed by atoms with Crippen LogP contribution in [0.4, 0.5) is 18.0 Å². The van der Waals surface area contributed by atoms with E-state index in [1.165, 1.54) is 18.3 Å². The van der Waals surface area contributed by atoms with E-state index >= 15 is 0 Å². The fourth-order valence-electron chi connectivity index (χ4n) is 2.65. The van der Waals surface area contributed by atoms with Gasteiger partial charge in [0.05, 0.1) is 17.8 Å². The van der Waals surface area contributed by atoms with Crippen molar-refractivity contribution in [3.05, 3.63) is 65.5 Å². The first-order chi connectivity index (χ1) is 11.7. The molecule has 0 radical (unpaired) electrons. The van der Waals surface area contributed by atoms with Gasteiger partial charge in [0, 0.05) is 6.20 Å². The van der Waals surface area contributed by atoms with Crippen LogP contribution in [0.25, 0.3) is 0 Å². The second-order valence-electron chi connectivity index (χ2n) is 5.86. The molecule has 25 heavy (non-hydrogen) atoms. The summed E-state index contributed by atoms with van der Waals surface area (Å²) < 4.78 is 37.8. The van der Waals surface area contributed by atoms with Gasteiger partial charge in [0.2, 0.25) is 0 Å². The van der Waals surface area contributed by atoms with Crippen molar-refractivity contribution in [3.63, 3.8) is 0 Å². The highest BCUT2D eigenvalue weighted by Crippen LogP contribution is 2.31. The quantitative estimate of drug-likeness (QED) is 0.867. The van der Waals surface area contributed by atoms with Crippen LogP contribution < -0.4 is 5.32 Å². The van der Waals surface area contributed by atoms with Crippen LogP contribution in [0.5, 0.6) is 0 Å². The molecule has 1 fully saturated rings. The first-order valence-electron chi connectivity index (χ1n) is 7.43. The number of aromatic nitrogens is 1. The molecule has 0 aliphatic carbocycles. The van der Waals surface area contributed by atoms with Crippen molar-refractivity contribution in [1.82, 2.24) is 15.2 Å². The van der Waals surface area contributed by atoms with E-state index in [2.05, 4.69) is 10.3 Å². The van der Waals surface area contributed by atoms with Gasteiger partial charge >= 0.3 is 12.2 Å². The third kappa shape index (κ3) is 3.07. The molecule has 1 atom stereocenters. The first-order valence-corrected chi connectivity index (χ1v) is 7.43. The van der Waals surface area contributed by atoms with Crippen LogP contribution in [-0.4, -0.2) is 21.8 Å². The normalized spacial score (nSPS) is 20.7. The van der Waals surface area contributed by atoms with E-state index in [0.29, 0.717) is 11.3 Å². The summed E-state index contributed by atoms with van der Waals surface area (Å²) in [6.07, 6.45) is -2.92. The predicted octanol–water partition coefficient (Wildman–Crippen LogP) is 3.07. The summed E-state index contributed by atoms with van der Waals surface area (Å²) in [7, 11) is 0. The van der Waals surface area contributed by atoms with Crippen LogP contribution in [0.1, 0.15) is 23.7 Å². The number of pyridine rings is 1. The van der Waals surface area contributed by atoms with E-state index in [9.17, 15) is 22.8 Å². The van der Waals surface area contributed by atoms with Crippen molar-refractivity contribution >= 4 is 11.9 Å². The Morgan fingerprint density at radius 1 is 1.12 bits per heavy atom. The summed E-state index contributed by atoms with van der Waals surface area (Å²) >= 11 is 0. The number of hydrogen-bond donors (Lipinski definition) is 1. The van der Waals surface area contributed by atoms with Crippen molar-refractivity contribution < 1.29 is 22.8 Å². The third-order valence-electron chi connectivity index (χ3n) is 4.07. The third-order valence-corrected chi connectivity index (χ3v) is 4.07. The van der Waals surface area contributed by atoms with Gasteiger partial charge in [0.15, 0.2) is 5.54 Å². The topological polar surface area (TPSA) is 62.3 Å². The number of amides is 3. The van der Waals surface area contributed by atoms with E-state index in [4.69, 9.17) is 0 Å². The van der Waals surface area contributed by atoms with E-state index in [1.54, 1.807) is 25.1 Å². The highest BCUT2D eigenvalue weighted by atomic mass is 19.4. The number of halogens is 3. The van der Waals surface area contributed by atoms with Gasteiger partial charge in [-0.15, -0.1) is 0 Å². The number of benzene rings is 1. The van der Waals surface area contributed by atoms with Gasteiger partial charge in [0.1, 0.15) is 0 Å². The number of urea groups is 1. The maximum Gasteiger partial charge on any atom is 0.416 e. The molecule has 1 aromatic carbocycles. The summed E-state index contributed by atoms with van der Waals surface area (Å²) in [5.74, 6) is -0.504. The summed E-state index contributed by atoms with van der Waals surface area (Å²) in [6, 6.07) is 8.74. The SMILES string of the molecule is C[C@@]1(c2ccccn2)NC(=O)N(Cc2ccc(C(F)(F)F)cc2)C1=O. The molecule has 130 valence electrons. The molecule has 5 nitrogen and oxygen atoms in total. The van der Waals surface area contributed by atoms with E-state index in [0.717, 1.165) is 17.0 Å². The molecule has 1 N–H and O–H groups in total. The first kappa shape index (κ1) is 16.9. The maximum absolute atomic E-state index is 12.7. The second-order valence-corrected chi connectivity index (χ2v) is 5.86. The van der Waals surface area contributed by atoms with Gasteiger partial charge in [-0.3, -0.25) is 14.7 Å². The van der Waals surface area contributed by atoms with Gasteiger partial charge in [0.25, 0.3) is 5.91 Å². The molecule has 0 unspecified atom stereocenters. The Hall–Kier alpha value is -2.90. The zero-order valence-electron chi connectivity index (χ0n) is 13.2. The molecular formula is C17H14F3N3O2. The Morgan fingerprint density at radius 2 is 1.80 bits per heavy atom. The van der Waals surface area contributed by atoms with Gasteiger partial charge in [-0.2, -0.15) is 13.2 Å². The Morgan fingerprint density at radius 3 is 2.36 bits per heavy atom. The number of nitrogens with zero attached hydrogens (tertiary/aromatic N) is 2. The Kier molecular flexibility index (Phi) is 3.98. The molecule has 0 spiro atoms. The highest BCUT2D eigenvalue weighted by Gasteiger charge is 2.49. The van der Waals surface area contributed by atoms with Gasteiger partial charge in [-0.1, -0.05) is 18.2 Å². The van der Waals surface area contributed by atoms with Gasteiger partial charge in [-0.05, 0) is 36.8 Å². The minimum absolute atomic E-state index is 0.120. The molecule has 2 heterocycles. The molecule has 0 saturated carbocycles. The number of carbonyl (C=O) groups is 2. The average Bonchev–Trinajstić information content (AvgIpc) is 2.80. The number of nitrogens with one attached hydrogen (secondary N) is 1. The van der Waals surface area contributed by atoms with Crippen LogP contribution >= 0.6 is 0 Å². The zero-order chi connectivity index (χ0) is 18.2. The van der Waals surface area contributed by atoms with Crippen molar-refractivity contribution in [2.24, 2.45) is 0 Å². The number of imide groups is 1. The van der Waals surface area contributed by atoms with Crippen molar-refractivity contribution in [3.8, 4) is 0 Å². The summed E-state index contributed by atoms with van der Waals surface area (Å²) in [4.78, 5) is 30.0. The molecule has 3 amide bonds. The van der Waals surface area contributed by atoms with Crippen molar-refractivity contribution in [2.75, 3.05) is 0 Å². The van der Waals surface area contributed by atoms with Crippen LogP contribution in [0.3, 0.4) is 0 Å². The lowest BCUT2D eigenvalue weighted by atomic mass is 9.97. The lowest BCUT2D eigenvalue weighted by Gasteiger charge is -2.21. The molecular weight excluding hydrogens is 335 g/mol.